The van der Waals surface area contributed by atoms with Crippen LogP contribution in [-0.2, 0) is 13.0 Å². The molecule has 0 amide bonds. The fourth-order valence-corrected chi connectivity index (χ4v) is 3.55. The van der Waals surface area contributed by atoms with Gasteiger partial charge in [0.05, 0.1) is 0 Å². The largest absolute Gasteiger partial charge is 0.487 e. The molecule has 116 valence electrons. The maximum atomic E-state index is 6.13. The van der Waals surface area contributed by atoms with E-state index in [1.807, 2.05) is 0 Å². The van der Waals surface area contributed by atoms with Crippen molar-refractivity contribution >= 4 is 0 Å². The minimum Gasteiger partial charge on any atom is -0.487 e. The van der Waals surface area contributed by atoms with Gasteiger partial charge in [-0.25, -0.2) is 0 Å². The SMILES string of the molecule is CC(CNCc1cccc2c1OC(C)(C)C2)N1CCCC1. The number of fused-ring (bicyclic) bond motifs is 1. The molecule has 3 nitrogen and oxygen atoms in total. The van der Waals surface area contributed by atoms with Crippen LogP contribution in [0.1, 0.15) is 44.7 Å². The van der Waals surface area contributed by atoms with E-state index in [2.05, 4.69) is 49.2 Å². The maximum Gasteiger partial charge on any atom is 0.127 e. The number of likely N-dealkylation sites (tertiary alicyclic amines) is 1. The van der Waals surface area contributed by atoms with E-state index in [1.54, 1.807) is 0 Å². The van der Waals surface area contributed by atoms with Gasteiger partial charge in [0.1, 0.15) is 11.4 Å². The number of hydrogen-bond acceptors (Lipinski definition) is 3. The Bertz CT molecular complexity index is 492. The van der Waals surface area contributed by atoms with Crippen LogP contribution in [0.3, 0.4) is 0 Å². The Hall–Kier alpha value is -1.06. The van der Waals surface area contributed by atoms with Crippen LogP contribution >= 0.6 is 0 Å². The van der Waals surface area contributed by atoms with Crippen molar-refractivity contribution in [1.82, 2.24) is 10.2 Å². The Kier molecular flexibility index (Phi) is 4.23. The van der Waals surface area contributed by atoms with Crippen LogP contribution < -0.4 is 10.1 Å². The summed E-state index contributed by atoms with van der Waals surface area (Å²) in [6.45, 7) is 11.1. The highest BCUT2D eigenvalue weighted by Gasteiger charge is 2.31. The molecule has 1 fully saturated rings. The number of hydrogen-bond donors (Lipinski definition) is 1. The molecule has 3 heteroatoms. The second-order valence-corrected chi connectivity index (χ2v) is 7.17. The van der Waals surface area contributed by atoms with E-state index in [4.69, 9.17) is 4.74 Å². The molecule has 1 saturated heterocycles. The molecule has 1 N–H and O–H groups in total. The summed E-state index contributed by atoms with van der Waals surface area (Å²) in [5, 5.41) is 3.61. The van der Waals surface area contributed by atoms with Gasteiger partial charge in [0.25, 0.3) is 0 Å². The molecule has 2 heterocycles. The molecule has 3 rings (SSSR count). The van der Waals surface area contributed by atoms with Crippen LogP contribution in [0.5, 0.6) is 5.75 Å². The first-order valence-electron chi connectivity index (χ1n) is 8.30. The Morgan fingerprint density at radius 1 is 1.29 bits per heavy atom. The zero-order valence-corrected chi connectivity index (χ0v) is 13.6. The summed E-state index contributed by atoms with van der Waals surface area (Å²) >= 11 is 0. The summed E-state index contributed by atoms with van der Waals surface area (Å²) in [4.78, 5) is 2.59. The van der Waals surface area contributed by atoms with Gasteiger partial charge in [0.15, 0.2) is 0 Å². The fourth-order valence-electron chi connectivity index (χ4n) is 3.55. The minimum absolute atomic E-state index is 0.0543. The van der Waals surface area contributed by atoms with Crippen molar-refractivity contribution in [3.05, 3.63) is 29.3 Å². The van der Waals surface area contributed by atoms with Crippen molar-refractivity contribution in [3.63, 3.8) is 0 Å². The summed E-state index contributed by atoms with van der Waals surface area (Å²) in [5.74, 6) is 1.11. The van der Waals surface area contributed by atoms with Gasteiger partial charge >= 0.3 is 0 Å². The number of ether oxygens (including phenoxy) is 1. The van der Waals surface area contributed by atoms with Crippen LogP contribution in [0, 0.1) is 0 Å². The van der Waals surface area contributed by atoms with Crippen molar-refractivity contribution in [2.24, 2.45) is 0 Å². The van der Waals surface area contributed by atoms with Gasteiger partial charge < -0.3 is 10.1 Å². The van der Waals surface area contributed by atoms with Crippen LogP contribution in [0.4, 0.5) is 0 Å². The van der Waals surface area contributed by atoms with Gasteiger partial charge in [-0.15, -0.1) is 0 Å². The summed E-state index contributed by atoms with van der Waals surface area (Å²) < 4.78 is 6.13. The molecule has 0 spiro atoms. The van der Waals surface area contributed by atoms with Crippen molar-refractivity contribution < 1.29 is 4.74 Å². The molecule has 0 aromatic heterocycles. The molecule has 1 unspecified atom stereocenters. The average molecular weight is 288 g/mol. The number of benzene rings is 1. The normalized spacial score (nSPS) is 22.0. The Morgan fingerprint density at radius 2 is 2.05 bits per heavy atom. The molecule has 1 atom stereocenters. The van der Waals surface area contributed by atoms with Crippen LogP contribution in [-0.4, -0.2) is 36.2 Å². The summed E-state index contributed by atoms with van der Waals surface area (Å²) in [5.41, 5.74) is 2.60. The van der Waals surface area contributed by atoms with E-state index in [1.165, 1.54) is 37.1 Å². The molecule has 1 aromatic carbocycles. The van der Waals surface area contributed by atoms with E-state index in [-0.39, 0.29) is 5.60 Å². The molecular formula is C18H28N2O. The third-order valence-electron chi connectivity index (χ3n) is 4.69. The van der Waals surface area contributed by atoms with E-state index >= 15 is 0 Å². The lowest BCUT2D eigenvalue weighted by Crippen LogP contribution is -2.38. The maximum absolute atomic E-state index is 6.13. The van der Waals surface area contributed by atoms with Gasteiger partial charge in [0.2, 0.25) is 0 Å². The first-order chi connectivity index (χ1) is 10.1. The van der Waals surface area contributed by atoms with E-state index in [0.29, 0.717) is 6.04 Å². The fraction of sp³-hybridized carbons (Fsp3) is 0.667. The third-order valence-corrected chi connectivity index (χ3v) is 4.69. The average Bonchev–Trinajstić information content (AvgIpc) is 3.04. The standard InChI is InChI=1S/C18H28N2O/c1-14(20-9-4-5-10-20)12-19-13-16-8-6-7-15-11-18(2,3)21-17(15)16/h6-8,14,19H,4-5,9-13H2,1-3H3. The van der Waals surface area contributed by atoms with E-state index in [9.17, 15) is 0 Å². The van der Waals surface area contributed by atoms with E-state index in [0.717, 1.165) is 25.3 Å². The van der Waals surface area contributed by atoms with Crippen molar-refractivity contribution in [2.75, 3.05) is 19.6 Å². The highest BCUT2D eigenvalue weighted by atomic mass is 16.5. The Morgan fingerprint density at radius 3 is 2.81 bits per heavy atom. The number of rotatable bonds is 5. The number of para-hydroxylation sites is 1. The zero-order valence-electron chi connectivity index (χ0n) is 13.6. The first kappa shape index (κ1) is 14.9. The molecule has 2 aliphatic rings. The monoisotopic (exact) mass is 288 g/mol. The van der Waals surface area contributed by atoms with Gasteiger partial charge in [0, 0.05) is 31.1 Å². The van der Waals surface area contributed by atoms with E-state index < -0.39 is 0 Å². The topological polar surface area (TPSA) is 24.5 Å². The number of nitrogens with zero attached hydrogens (tertiary/aromatic N) is 1. The summed E-state index contributed by atoms with van der Waals surface area (Å²) in [6, 6.07) is 7.17. The van der Waals surface area contributed by atoms with Gasteiger partial charge in [-0.1, -0.05) is 18.2 Å². The summed E-state index contributed by atoms with van der Waals surface area (Å²) in [7, 11) is 0. The smallest absolute Gasteiger partial charge is 0.127 e. The second-order valence-electron chi connectivity index (χ2n) is 7.17. The quantitative estimate of drug-likeness (QED) is 0.901. The number of nitrogens with one attached hydrogen (secondary N) is 1. The minimum atomic E-state index is -0.0543. The van der Waals surface area contributed by atoms with Gasteiger partial charge in [-0.3, -0.25) is 4.90 Å². The second kappa shape index (κ2) is 5.98. The highest BCUT2D eigenvalue weighted by molar-refractivity contribution is 5.45. The third kappa shape index (κ3) is 3.41. The lowest BCUT2D eigenvalue weighted by Gasteiger charge is -2.24. The van der Waals surface area contributed by atoms with Crippen LogP contribution in [0.15, 0.2) is 18.2 Å². The molecular weight excluding hydrogens is 260 g/mol. The molecule has 1 aromatic rings. The van der Waals surface area contributed by atoms with Gasteiger partial charge in [-0.2, -0.15) is 0 Å². The van der Waals surface area contributed by atoms with Crippen molar-refractivity contribution in [3.8, 4) is 5.75 Å². The predicted molar refractivity (Wildman–Crippen MR) is 86.8 cm³/mol. The molecule has 0 aliphatic carbocycles. The molecule has 0 bridgehead atoms. The van der Waals surface area contributed by atoms with Crippen LogP contribution in [0.25, 0.3) is 0 Å². The van der Waals surface area contributed by atoms with Crippen LogP contribution in [0.2, 0.25) is 0 Å². The molecule has 2 aliphatic heterocycles. The molecule has 0 saturated carbocycles. The molecule has 21 heavy (non-hydrogen) atoms. The van der Waals surface area contributed by atoms with Gasteiger partial charge in [-0.05, 0) is 52.3 Å². The Labute approximate surface area is 128 Å². The molecule has 0 radical (unpaired) electrons. The zero-order chi connectivity index (χ0) is 14.9. The Balaban J connectivity index is 1.56. The predicted octanol–water partition coefficient (Wildman–Crippen LogP) is 2.97. The lowest BCUT2D eigenvalue weighted by atomic mass is 10.0. The lowest BCUT2D eigenvalue weighted by molar-refractivity contribution is 0.137. The van der Waals surface area contributed by atoms with Crippen molar-refractivity contribution in [2.45, 2.75) is 58.2 Å². The first-order valence-corrected chi connectivity index (χ1v) is 8.30. The summed E-state index contributed by atoms with van der Waals surface area (Å²) in [6.07, 6.45) is 3.74. The highest BCUT2D eigenvalue weighted by Crippen LogP contribution is 2.37. The van der Waals surface area contributed by atoms with Crippen molar-refractivity contribution in [1.29, 1.82) is 0 Å².